The lowest BCUT2D eigenvalue weighted by atomic mass is 10.1. The van der Waals surface area contributed by atoms with Crippen LogP contribution in [0.4, 0.5) is 0 Å². The highest BCUT2D eigenvalue weighted by molar-refractivity contribution is 6.38. The van der Waals surface area contributed by atoms with Crippen LogP contribution in [-0.4, -0.2) is 24.1 Å². The fraction of sp³-hybridized carbons (Fsp3) is 0.308. The Balaban J connectivity index is 2.48. The molecule has 5 nitrogen and oxygen atoms in total. The number of carbonyl (C=O) groups excluding carboxylic acids is 3. The molecular formula is C13H16N2O3. The molecule has 0 fully saturated rings. The summed E-state index contributed by atoms with van der Waals surface area (Å²) in [6.45, 7) is 3.72. The van der Waals surface area contributed by atoms with Crippen molar-refractivity contribution in [2.75, 3.05) is 0 Å². The predicted octanol–water partition coefficient (Wildman–Crippen LogP) is 0.315. The molecule has 0 aliphatic rings. The molecule has 0 bridgehead atoms. The molecule has 1 rings (SSSR count). The molecule has 2 amide bonds. The van der Waals surface area contributed by atoms with Crippen molar-refractivity contribution in [2.24, 2.45) is 0 Å². The van der Waals surface area contributed by atoms with Gasteiger partial charge >= 0.3 is 0 Å². The van der Waals surface area contributed by atoms with E-state index in [1.165, 1.54) is 6.92 Å². The molecular weight excluding hydrogens is 232 g/mol. The number of hydrogen-bond acceptors (Lipinski definition) is 3. The Labute approximate surface area is 106 Å². The van der Waals surface area contributed by atoms with Crippen LogP contribution in [0.2, 0.25) is 0 Å². The summed E-state index contributed by atoms with van der Waals surface area (Å²) in [5.74, 6) is -1.35. The maximum absolute atomic E-state index is 11.5. The molecule has 2 N–H and O–H groups in total. The first-order valence-electron chi connectivity index (χ1n) is 5.62. The van der Waals surface area contributed by atoms with Crippen molar-refractivity contribution in [1.29, 1.82) is 0 Å². The Morgan fingerprint density at radius 1 is 1.28 bits per heavy atom. The second-order valence-corrected chi connectivity index (χ2v) is 4.04. The number of benzene rings is 1. The largest absolute Gasteiger partial charge is 0.349 e. The monoisotopic (exact) mass is 248 g/mol. The van der Waals surface area contributed by atoms with Crippen molar-refractivity contribution in [3.05, 3.63) is 35.4 Å². The maximum atomic E-state index is 11.5. The van der Waals surface area contributed by atoms with E-state index in [9.17, 15) is 14.4 Å². The number of carbonyl (C=O) groups is 3. The summed E-state index contributed by atoms with van der Waals surface area (Å²) < 4.78 is 0. The van der Waals surface area contributed by atoms with Crippen molar-refractivity contribution >= 4 is 18.1 Å². The molecule has 0 saturated carbocycles. The van der Waals surface area contributed by atoms with Gasteiger partial charge in [-0.2, -0.15) is 0 Å². The molecule has 18 heavy (non-hydrogen) atoms. The number of ketones is 1. The number of Topliss-reactive ketones (excluding diaryl/α,β-unsaturated/α-hetero) is 1. The van der Waals surface area contributed by atoms with Gasteiger partial charge in [0.2, 0.25) is 12.2 Å². The molecule has 1 aromatic rings. The number of amides is 2. The third-order valence-electron chi connectivity index (χ3n) is 2.51. The third-order valence-corrected chi connectivity index (χ3v) is 2.51. The van der Waals surface area contributed by atoms with Crippen molar-refractivity contribution in [3.63, 3.8) is 0 Å². The molecule has 0 aliphatic heterocycles. The van der Waals surface area contributed by atoms with Crippen molar-refractivity contribution in [3.8, 4) is 0 Å². The smallest absolute Gasteiger partial charge is 0.289 e. The quantitative estimate of drug-likeness (QED) is 0.562. The van der Waals surface area contributed by atoms with Crippen LogP contribution >= 0.6 is 0 Å². The zero-order valence-corrected chi connectivity index (χ0v) is 10.4. The van der Waals surface area contributed by atoms with Crippen LogP contribution < -0.4 is 10.6 Å². The van der Waals surface area contributed by atoms with Gasteiger partial charge in [0.05, 0.1) is 6.04 Å². The van der Waals surface area contributed by atoms with Gasteiger partial charge in [-0.25, -0.2) is 0 Å². The highest BCUT2D eigenvalue weighted by Gasteiger charge is 2.19. The predicted molar refractivity (Wildman–Crippen MR) is 66.7 cm³/mol. The lowest BCUT2D eigenvalue weighted by Crippen LogP contribution is -2.42. The van der Waals surface area contributed by atoms with Crippen LogP contribution in [0, 0.1) is 6.92 Å². The average molecular weight is 248 g/mol. The second kappa shape index (κ2) is 6.54. The summed E-state index contributed by atoms with van der Waals surface area (Å²) in [4.78, 5) is 33.1. The molecule has 0 saturated heterocycles. The highest BCUT2D eigenvalue weighted by atomic mass is 16.2. The molecule has 0 aromatic heterocycles. The standard InChI is InChI=1S/C13H16N2O3/c1-9-3-5-11(6-4-9)7-14-13(18)12(17)10(2)15-8-16/h3-6,8,10H,7H2,1-2H3,(H,14,18)(H,15,16). The van der Waals surface area contributed by atoms with E-state index in [0.29, 0.717) is 13.0 Å². The molecule has 0 heterocycles. The summed E-state index contributed by atoms with van der Waals surface area (Å²) in [6.07, 6.45) is 0.399. The van der Waals surface area contributed by atoms with Gasteiger partial charge in [-0.05, 0) is 19.4 Å². The normalized spacial score (nSPS) is 11.4. The van der Waals surface area contributed by atoms with Gasteiger partial charge in [-0.1, -0.05) is 29.8 Å². The number of aryl methyl sites for hydroxylation is 1. The zero-order valence-electron chi connectivity index (χ0n) is 10.4. The molecule has 96 valence electrons. The molecule has 0 aliphatic carbocycles. The first-order valence-corrected chi connectivity index (χ1v) is 5.62. The van der Waals surface area contributed by atoms with Crippen LogP contribution in [0.1, 0.15) is 18.1 Å². The summed E-state index contributed by atoms with van der Waals surface area (Å²) in [7, 11) is 0. The summed E-state index contributed by atoms with van der Waals surface area (Å²) in [5, 5.41) is 4.75. The fourth-order valence-corrected chi connectivity index (χ4v) is 1.35. The number of hydrogen-bond donors (Lipinski definition) is 2. The Morgan fingerprint density at radius 3 is 2.44 bits per heavy atom. The number of rotatable bonds is 6. The van der Waals surface area contributed by atoms with E-state index in [4.69, 9.17) is 0 Å². The van der Waals surface area contributed by atoms with E-state index >= 15 is 0 Å². The second-order valence-electron chi connectivity index (χ2n) is 4.04. The van der Waals surface area contributed by atoms with Gasteiger partial charge < -0.3 is 10.6 Å². The number of nitrogens with one attached hydrogen (secondary N) is 2. The van der Waals surface area contributed by atoms with E-state index in [2.05, 4.69) is 10.6 Å². The van der Waals surface area contributed by atoms with Gasteiger partial charge in [0.15, 0.2) is 0 Å². The maximum Gasteiger partial charge on any atom is 0.289 e. The molecule has 0 radical (unpaired) electrons. The third kappa shape index (κ3) is 4.01. The van der Waals surface area contributed by atoms with Crippen molar-refractivity contribution in [2.45, 2.75) is 26.4 Å². The van der Waals surface area contributed by atoms with Gasteiger partial charge in [0, 0.05) is 6.54 Å². The van der Waals surface area contributed by atoms with Crippen molar-refractivity contribution in [1.82, 2.24) is 10.6 Å². The van der Waals surface area contributed by atoms with Crippen LogP contribution in [0.5, 0.6) is 0 Å². The average Bonchev–Trinajstić information content (AvgIpc) is 2.37. The first-order chi connectivity index (χ1) is 8.54. The minimum Gasteiger partial charge on any atom is -0.349 e. The molecule has 1 aromatic carbocycles. The topological polar surface area (TPSA) is 75.3 Å². The molecule has 1 unspecified atom stereocenters. The Bertz CT molecular complexity index is 440. The first kappa shape index (κ1) is 13.9. The van der Waals surface area contributed by atoms with E-state index in [1.807, 2.05) is 31.2 Å². The van der Waals surface area contributed by atoms with Crippen LogP contribution in [-0.2, 0) is 20.9 Å². The molecule has 1 atom stereocenters. The van der Waals surface area contributed by atoms with Gasteiger partial charge in [0.1, 0.15) is 0 Å². The lowest BCUT2D eigenvalue weighted by molar-refractivity contribution is -0.139. The van der Waals surface area contributed by atoms with Crippen LogP contribution in [0.15, 0.2) is 24.3 Å². The Kier molecular flexibility index (Phi) is 5.05. The SMILES string of the molecule is Cc1ccc(CNC(=O)C(=O)C(C)NC=O)cc1. The van der Waals surface area contributed by atoms with E-state index in [-0.39, 0.29) is 0 Å². The molecule has 5 heteroatoms. The Hall–Kier alpha value is -2.17. The van der Waals surface area contributed by atoms with E-state index in [0.717, 1.165) is 11.1 Å². The summed E-state index contributed by atoms with van der Waals surface area (Å²) >= 11 is 0. The fourth-order valence-electron chi connectivity index (χ4n) is 1.35. The molecule has 0 spiro atoms. The van der Waals surface area contributed by atoms with Crippen LogP contribution in [0.3, 0.4) is 0 Å². The van der Waals surface area contributed by atoms with E-state index < -0.39 is 17.7 Å². The van der Waals surface area contributed by atoms with Crippen molar-refractivity contribution < 1.29 is 14.4 Å². The Morgan fingerprint density at radius 2 is 1.89 bits per heavy atom. The minimum atomic E-state index is -0.805. The summed E-state index contributed by atoms with van der Waals surface area (Å²) in [5.41, 5.74) is 2.04. The van der Waals surface area contributed by atoms with Gasteiger partial charge in [0.25, 0.3) is 5.91 Å². The lowest BCUT2D eigenvalue weighted by Gasteiger charge is -2.09. The van der Waals surface area contributed by atoms with Crippen LogP contribution in [0.25, 0.3) is 0 Å². The van der Waals surface area contributed by atoms with E-state index in [1.54, 1.807) is 0 Å². The highest BCUT2D eigenvalue weighted by Crippen LogP contribution is 2.02. The van der Waals surface area contributed by atoms with Gasteiger partial charge in [-0.15, -0.1) is 0 Å². The summed E-state index contributed by atoms with van der Waals surface area (Å²) in [6, 6.07) is 6.82. The zero-order chi connectivity index (χ0) is 13.5. The van der Waals surface area contributed by atoms with Gasteiger partial charge in [-0.3, -0.25) is 14.4 Å². The minimum absolute atomic E-state index is 0.290.